The molecule has 0 saturated carbocycles. The topological polar surface area (TPSA) is 52.8 Å². The first kappa shape index (κ1) is 10.9. The van der Waals surface area contributed by atoms with Crippen molar-refractivity contribution in [3.8, 4) is 0 Å². The Morgan fingerprint density at radius 1 is 1.60 bits per heavy atom. The van der Waals surface area contributed by atoms with Crippen LogP contribution >= 0.6 is 11.8 Å². The van der Waals surface area contributed by atoms with E-state index in [1.54, 1.807) is 11.8 Å². The van der Waals surface area contributed by atoms with Gasteiger partial charge in [-0.2, -0.15) is 0 Å². The van der Waals surface area contributed by atoms with Crippen LogP contribution in [0.3, 0.4) is 0 Å². The van der Waals surface area contributed by atoms with Crippen LogP contribution in [0.1, 0.15) is 32.7 Å². The number of nitrogens with zero attached hydrogens (tertiary/aromatic N) is 4. The molecule has 0 aromatic carbocycles. The predicted octanol–water partition coefficient (Wildman–Crippen LogP) is 1.53. The quantitative estimate of drug-likeness (QED) is 0.731. The second kappa shape index (κ2) is 4.94. The van der Waals surface area contributed by atoms with Crippen LogP contribution in [0.5, 0.6) is 0 Å². The zero-order chi connectivity index (χ0) is 10.7. The van der Waals surface area contributed by atoms with Crippen molar-refractivity contribution in [2.45, 2.75) is 44.0 Å². The Morgan fingerprint density at radius 2 is 2.47 bits per heavy atom. The van der Waals surface area contributed by atoms with Gasteiger partial charge in [0.25, 0.3) is 0 Å². The summed E-state index contributed by atoms with van der Waals surface area (Å²) >= 11 is 1.68. The SMILES string of the molecule is CC(C)n1nnnc1SCC1CCCO1. The largest absolute Gasteiger partial charge is 0.377 e. The molecule has 0 N–H and O–H groups in total. The standard InChI is InChI=1S/C9H16N4OS/c1-7(2)13-9(10-11-12-13)15-6-8-4-3-5-14-8/h7-8H,3-6H2,1-2H3. The Morgan fingerprint density at radius 3 is 3.13 bits per heavy atom. The molecule has 2 heterocycles. The van der Waals surface area contributed by atoms with E-state index in [-0.39, 0.29) is 0 Å². The average Bonchev–Trinajstić information content (AvgIpc) is 2.86. The van der Waals surface area contributed by atoms with Gasteiger partial charge in [-0.1, -0.05) is 11.8 Å². The van der Waals surface area contributed by atoms with E-state index >= 15 is 0 Å². The number of ether oxygens (including phenoxy) is 1. The molecule has 1 aromatic heterocycles. The minimum atomic E-state index is 0.312. The molecule has 15 heavy (non-hydrogen) atoms. The molecule has 1 saturated heterocycles. The first-order valence-corrected chi connectivity index (χ1v) is 6.28. The fourth-order valence-corrected chi connectivity index (χ4v) is 2.62. The molecule has 1 aliphatic rings. The summed E-state index contributed by atoms with van der Waals surface area (Å²) < 4.78 is 7.40. The minimum Gasteiger partial charge on any atom is -0.377 e. The van der Waals surface area contributed by atoms with Gasteiger partial charge in [0.05, 0.1) is 12.1 Å². The Kier molecular flexibility index (Phi) is 3.58. The highest BCUT2D eigenvalue weighted by Crippen LogP contribution is 2.23. The number of rotatable bonds is 4. The molecule has 1 atom stereocenters. The Bertz CT molecular complexity index is 309. The fourth-order valence-electron chi connectivity index (χ4n) is 1.55. The highest BCUT2D eigenvalue weighted by molar-refractivity contribution is 7.99. The highest BCUT2D eigenvalue weighted by Gasteiger charge is 2.18. The summed E-state index contributed by atoms with van der Waals surface area (Å²) in [4.78, 5) is 0. The molecular weight excluding hydrogens is 212 g/mol. The lowest BCUT2D eigenvalue weighted by molar-refractivity contribution is 0.129. The molecule has 1 aromatic rings. The second-order valence-corrected chi connectivity index (χ2v) is 4.93. The molecule has 1 aliphatic heterocycles. The van der Waals surface area contributed by atoms with Crippen LogP contribution < -0.4 is 0 Å². The maximum absolute atomic E-state index is 5.55. The van der Waals surface area contributed by atoms with Crippen LogP contribution in [0.15, 0.2) is 5.16 Å². The third-order valence-corrected chi connectivity index (χ3v) is 3.44. The number of hydrogen-bond donors (Lipinski definition) is 0. The Hall–Kier alpha value is -0.620. The highest BCUT2D eigenvalue weighted by atomic mass is 32.2. The van der Waals surface area contributed by atoms with E-state index in [0.29, 0.717) is 12.1 Å². The molecule has 0 spiro atoms. The molecule has 0 radical (unpaired) electrons. The molecule has 0 aliphatic carbocycles. The number of aromatic nitrogens is 4. The lowest BCUT2D eigenvalue weighted by atomic mass is 10.3. The van der Waals surface area contributed by atoms with Gasteiger partial charge in [0.1, 0.15) is 0 Å². The molecule has 0 bridgehead atoms. The van der Waals surface area contributed by atoms with Crippen LogP contribution in [0.25, 0.3) is 0 Å². The third kappa shape index (κ3) is 2.69. The number of tetrazole rings is 1. The third-order valence-electron chi connectivity index (χ3n) is 2.37. The summed E-state index contributed by atoms with van der Waals surface area (Å²) in [6.07, 6.45) is 2.73. The summed E-state index contributed by atoms with van der Waals surface area (Å²) in [5.41, 5.74) is 0. The lowest BCUT2D eigenvalue weighted by Gasteiger charge is -2.09. The molecule has 6 heteroatoms. The molecule has 0 amide bonds. The van der Waals surface area contributed by atoms with Crippen LogP contribution in [0.4, 0.5) is 0 Å². The molecule has 1 unspecified atom stereocenters. The summed E-state index contributed by atoms with van der Waals surface area (Å²) in [6.45, 7) is 5.05. The normalized spacial score (nSPS) is 21.4. The van der Waals surface area contributed by atoms with E-state index < -0.39 is 0 Å². The first-order valence-electron chi connectivity index (χ1n) is 5.29. The van der Waals surface area contributed by atoms with Gasteiger partial charge in [-0.05, 0) is 37.1 Å². The van der Waals surface area contributed by atoms with Gasteiger partial charge in [-0.3, -0.25) is 0 Å². The van der Waals surface area contributed by atoms with Gasteiger partial charge in [0.15, 0.2) is 0 Å². The molecule has 84 valence electrons. The molecule has 1 fully saturated rings. The summed E-state index contributed by atoms with van der Waals surface area (Å²) in [5.74, 6) is 0.951. The lowest BCUT2D eigenvalue weighted by Crippen LogP contribution is -2.10. The Labute approximate surface area is 93.6 Å². The molecule has 5 nitrogen and oxygen atoms in total. The van der Waals surface area contributed by atoms with Crippen molar-refractivity contribution in [3.05, 3.63) is 0 Å². The van der Waals surface area contributed by atoms with Crippen LogP contribution in [0, 0.1) is 0 Å². The van der Waals surface area contributed by atoms with E-state index in [1.807, 2.05) is 4.68 Å². The Balaban J connectivity index is 1.89. The van der Waals surface area contributed by atoms with Crippen molar-refractivity contribution < 1.29 is 4.74 Å². The van der Waals surface area contributed by atoms with Gasteiger partial charge in [0.2, 0.25) is 5.16 Å². The van der Waals surface area contributed by atoms with Crippen molar-refractivity contribution in [1.29, 1.82) is 0 Å². The fraction of sp³-hybridized carbons (Fsp3) is 0.889. The second-order valence-electron chi connectivity index (χ2n) is 3.95. The van der Waals surface area contributed by atoms with Gasteiger partial charge in [-0.25, -0.2) is 4.68 Å². The van der Waals surface area contributed by atoms with Crippen molar-refractivity contribution in [1.82, 2.24) is 20.2 Å². The maximum Gasteiger partial charge on any atom is 0.209 e. The molecule has 2 rings (SSSR count). The maximum atomic E-state index is 5.55. The van der Waals surface area contributed by atoms with Crippen LogP contribution in [0.2, 0.25) is 0 Å². The van der Waals surface area contributed by atoms with E-state index in [9.17, 15) is 0 Å². The zero-order valence-corrected chi connectivity index (χ0v) is 9.90. The van der Waals surface area contributed by atoms with Gasteiger partial charge < -0.3 is 4.74 Å². The van der Waals surface area contributed by atoms with Crippen molar-refractivity contribution in [2.75, 3.05) is 12.4 Å². The van der Waals surface area contributed by atoms with Gasteiger partial charge in [0, 0.05) is 12.4 Å². The monoisotopic (exact) mass is 228 g/mol. The average molecular weight is 228 g/mol. The predicted molar refractivity (Wildman–Crippen MR) is 57.9 cm³/mol. The van der Waals surface area contributed by atoms with E-state index in [4.69, 9.17) is 4.74 Å². The number of thioether (sulfide) groups is 1. The van der Waals surface area contributed by atoms with Gasteiger partial charge in [-0.15, -0.1) is 5.10 Å². The van der Waals surface area contributed by atoms with Crippen LogP contribution in [-0.4, -0.2) is 38.7 Å². The number of hydrogen-bond acceptors (Lipinski definition) is 5. The van der Waals surface area contributed by atoms with E-state index in [1.165, 1.54) is 6.42 Å². The van der Waals surface area contributed by atoms with Crippen molar-refractivity contribution >= 4 is 11.8 Å². The van der Waals surface area contributed by atoms with E-state index in [2.05, 4.69) is 29.4 Å². The van der Waals surface area contributed by atoms with Gasteiger partial charge >= 0.3 is 0 Å². The molecular formula is C9H16N4OS. The smallest absolute Gasteiger partial charge is 0.209 e. The summed E-state index contributed by atoms with van der Waals surface area (Å²) in [7, 11) is 0. The van der Waals surface area contributed by atoms with E-state index in [0.717, 1.165) is 23.9 Å². The van der Waals surface area contributed by atoms with Crippen molar-refractivity contribution in [3.63, 3.8) is 0 Å². The summed E-state index contributed by atoms with van der Waals surface area (Å²) in [5, 5.41) is 12.5. The van der Waals surface area contributed by atoms with Crippen molar-refractivity contribution in [2.24, 2.45) is 0 Å². The zero-order valence-electron chi connectivity index (χ0n) is 9.09. The van der Waals surface area contributed by atoms with Crippen LogP contribution in [-0.2, 0) is 4.74 Å². The first-order chi connectivity index (χ1) is 7.27. The minimum absolute atomic E-state index is 0.312. The summed E-state index contributed by atoms with van der Waals surface area (Å²) in [6, 6.07) is 0.312.